The highest BCUT2D eigenvalue weighted by atomic mass is 16.8. The van der Waals surface area contributed by atoms with Crippen molar-refractivity contribution in [3.05, 3.63) is 179 Å². The van der Waals surface area contributed by atoms with Crippen LogP contribution in [0.3, 0.4) is 0 Å². The molecule has 7 rings (SSSR count). The van der Waals surface area contributed by atoms with Crippen molar-refractivity contribution in [2.75, 3.05) is 6.61 Å². The number of imide groups is 1. The zero-order valence-corrected chi connectivity index (χ0v) is 28.0. The summed E-state index contributed by atoms with van der Waals surface area (Å²) in [6.07, 6.45) is -4.41. The summed E-state index contributed by atoms with van der Waals surface area (Å²) < 4.78 is 32.9. The molecule has 2 aliphatic heterocycles. The summed E-state index contributed by atoms with van der Waals surface area (Å²) in [6.45, 7) is 1.12. The van der Waals surface area contributed by atoms with Crippen LogP contribution in [0.5, 0.6) is 0 Å². The first-order valence-electron chi connectivity index (χ1n) is 17.0. The van der Waals surface area contributed by atoms with Gasteiger partial charge in [-0.05, 0) is 34.4 Å². The van der Waals surface area contributed by atoms with Gasteiger partial charge >= 0.3 is 0 Å². The van der Waals surface area contributed by atoms with Gasteiger partial charge in [0.2, 0.25) is 6.29 Å². The maximum atomic E-state index is 13.5. The van der Waals surface area contributed by atoms with Crippen LogP contribution in [0.1, 0.15) is 43.0 Å². The second-order valence-electron chi connectivity index (χ2n) is 12.4. The molecule has 1 unspecified atom stereocenters. The SMILES string of the molecule is O=C1c2ccccc2C(=O)N1OC1O[C@H](COCc2ccccc2)[C@@H](OCc2ccccc2)[C@H](OCc2ccccc2)[C@H]1OCc1ccccc1. The highest BCUT2D eigenvalue weighted by molar-refractivity contribution is 6.20. The fourth-order valence-corrected chi connectivity index (χ4v) is 6.20. The third kappa shape index (κ3) is 8.49. The minimum atomic E-state index is -1.25. The first-order chi connectivity index (χ1) is 25.1. The van der Waals surface area contributed by atoms with Gasteiger partial charge in [0.25, 0.3) is 11.8 Å². The number of carbonyl (C=O) groups is 2. The average molecular weight is 686 g/mol. The Balaban J connectivity index is 1.22. The number of hydrogen-bond donors (Lipinski definition) is 0. The normalized spacial score (nSPS) is 21.5. The van der Waals surface area contributed by atoms with Gasteiger partial charge in [0.05, 0.1) is 44.2 Å². The van der Waals surface area contributed by atoms with Crippen molar-refractivity contribution in [3.8, 4) is 0 Å². The Kier molecular flexibility index (Phi) is 11.4. The number of ether oxygens (including phenoxy) is 5. The van der Waals surface area contributed by atoms with Crippen LogP contribution in [0.2, 0.25) is 0 Å². The zero-order chi connectivity index (χ0) is 34.8. The number of hydrogen-bond acceptors (Lipinski definition) is 8. The lowest BCUT2D eigenvalue weighted by molar-refractivity contribution is -0.358. The molecule has 1 saturated heterocycles. The Morgan fingerprint density at radius 3 is 1.33 bits per heavy atom. The first-order valence-corrected chi connectivity index (χ1v) is 17.0. The smallest absolute Gasteiger partial charge is 0.285 e. The van der Waals surface area contributed by atoms with Crippen LogP contribution in [0.25, 0.3) is 0 Å². The van der Waals surface area contributed by atoms with E-state index in [0.717, 1.165) is 27.3 Å². The predicted molar refractivity (Wildman–Crippen MR) is 188 cm³/mol. The van der Waals surface area contributed by atoms with Crippen LogP contribution >= 0.6 is 0 Å². The van der Waals surface area contributed by atoms with E-state index in [9.17, 15) is 9.59 Å². The van der Waals surface area contributed by atoms with E-state index in [1.165, 1.54) is 0 Å². The van der Waals surface area contributed by atoms with Gasteiger partial charge in [0, 0.05) is 0 Å². The Morgan fingerprint density at radius 2 is 0.863 bits per heavy atom. The fourth-order valence-electron chi connectivity index (χ4n) is 6.20. The molecule has 1 fully saturated rings. The lowest BCUT2D eigenvalue weighted by Gasteiger charge is -2.46. The Hall–Kier alpha value is -5.00. The van der Waals surface area contributed by atoms with E-state index in [0.29, 0.717) is 6.61 Å². The number of rotatable bonds is 15. The van der Waals surface area contributed by atoms with Gasteiger partial charge in [-0.1, -0.05) is 133 Å². The molecule has 5 aromatic rings. The molecule has 0 N–H and O–H groups in total. The number of fused-ring (bicyclic) bond motifs is 1. The minimum Gasteiger partial charge on any atom is -0.374 e. The van der Waals surface area contributed by atoms with Crippen molar-refractivity contribution in [2.24, 2.45) is 0 Å². The van der Waals surface area contributed by atoms with Crippen LogP contribution in [-0.4, -0.2) is 54.2 Å². The number of amides is 2. The van der Waals surface area contributed by atoms with E-state index < -0.39 is 42.5 Å². The van der Waals surface area contributed by atoms with E-state index >= 15 is 0 Å². The number of nitrogens with zero attached hydrogens (tertiary/aromatic N) is 1. The van der Waals surface area contributed by atoms with Gasteiger partial charge in [-0.25, -0.2) is 4.84 Å². The summed E-state index contributed by atoms with van der Waals surface area (Å²) in [5.74, 6) is -1.16. The van der Waals surface area contributed by atoms with E-state index in [2.05, 4.69) is 0 Å². The van der Waals surface area contributed by atoms with Gasteiger partial charge in [-0.15, -0.1) is 5.06 Å². The van der Waals surface area contributed by atoms with Crippen molar-refractivity contribution < 1.29 is 38.1 Å². The lowest BCUT2D eigenvalue weighted by atomic mass is 9.98. The van der Waals surface area contributed by atoms with Crippen LogP contribution in [0.15, 0.2) is 146 Å². The molecule has 0 aliphatic carbocycles. The minimum absolute atomic E-state index is 0.104. The standard InChI is InChI=1S/C42H39NO8/c44-40-34-23-13-14-24-35(34)41(45)43(40)51-42-39(49-28-33-21-11-4-12-22-33)38(48-27-32-19-9-3-10-20-32)37(47-26-31-17-7-2-8-18-31)36(50-42)29-46-25-30-15-5-1-6-16-30/h1-24,36-39,42H,25-29H2/t36-,37-,38+,39-,42?/m1/s1. The summed E-state index contributed by atoms with van der Waals surface area (Å²) in [7, 11) is 0. The van der Waals surface area contributed by atoms with E-state index in [-0.39, 0.29) is 37.6 Å². The Labute approximate surface area is 297 Å². The van der Waals surface area contributed by atoms with Crippen LogP contribution in [0.4, 0.5) is 0 Å². The van der Waals surface area contributed by atoms with Gasteiger partial charge in [0.15, 0.2) is 0 Å². The molecule has 2 heterocycles. The monoisotopic (exact) mass is 685 g/mol. The molecule has 9 nitrogen and oxygen atoms in total. The molecular weight excluding hydrogens is 646 g/mol. The highest BCUT2D eigenvalue weighted by Gasteiger charge is 2.51. The molecule has 0 saturated carbocycles. The topological polar surface area (TPSA) is 92.8 Å². The summed E-state index contributed by atoms with van der Waals surface area (Å²) in [5.41, 5.74) is 4.33. The molecule has 0 aromatic heterocycles. The van der Waals surface area contributed by atoms with Crippen molar-refractivity contribution in [2.45, 2.75) is 57.1 Å². The third-order valence-electron chi connectivity index (χ3n) is 8.81. The van der Waals surface area contributed by atoms with Gasteiger partial charge in [-0.2, -0.15) is 0 Å². The molecule has 0 spiro atoms. The quantitative estimate of drug-likeness (QED) is 0.110. The number of benzene rings is 5. The average Bonchev–Trinajstić information content (AvgIpc) is 3.42. The van der Waals surface area contributed by atoms with E-state index in [4.69, 9.17) is 28.5 Å². The molecule has 2 aliphatic rings. The summed E-state index contributed by atoms with van der Waals surface area (Å²) >= 11 is 0. The largest absolute Gasteiger partial charge is 0.374 e. The van der Waals surface area contributed by atoms with Crippen molar-refractivity contribution >= 4 is 11.8 Å². The van der Waals surface area contributed by atoms with Crippen LogP contribution < -0.4 is 0 Å². The fraction of sp³-hybridized carbons (Fsp3) is 0.238. The van der Waals surface area contributed by atoms with Gasteiger partial charge < -0.3 is 23.7 Å². The molecule has 5 aromatic carbocycles. The Bertz CT molecular complexity index is 1820. The molecule has 0 radical (unpaired) electrons. The molecule has 51 heavy (non-hydrogen) atoms. The molecule has 9 heteroatoms. The summed E-state index contributed by atoms with van der Waals surface area (Å²) in [6, 6.07) is 45.8. The van der Waals surface area contributed by atoms with Crippen molar-refractivity contribution in [3.63, 3.8) is 0 Å². The van der Waals surface area contributed by atoms with Crippen LogP contribution in [-0.2, 0) is 54.9 Å². The highest BCUT2D eigenvalue weighted by Crippen LogP contribution is 2.34. The zero-order valence-electron chi connectivity index (χ0n) is 28.0. The van der Waals surface area contributed by atoms with Crippen molar-refractivity contribution in [1.82, 2.24) is 5.06 Å². The number of carbonyl (C=O) groups excluding carboxylic acids is 2. The number of hydroxylamine groups is 2. The summed E-state index contributed by atoms with van der Waals surface area (Å²) in [4.78, 5) is 33.2. The Morgan fingerprint density at radius 1 is 0.471 bits per heavy atom. The van der Waals surface area contributed by atoms with Gasteiger partial charge in [0.1, 0.15) is 24.4 Å². The molecule has 260 valence electrons. The third-order valence-corrected chi connectivity index (χ3v) is 8.81. The predicted octanol–water partition coefficient (Wildman–Crippen LogP) is 6.91. The van der Waals surface area contributed by atoms with E-state index in [1.807, 2.05) is 121 Å². The lowest BCUT2D eigenvalue weighted by Crippen LogP contribution is -2.62. The van der Waals surface area contributed by atoms with Crippen molar-refractivity contribution in [1.29, 1.82) is 0 Å². The summed E-state index contributed by atoms with van der Waals surface area (Å²) in [5, 5.41) is 0.759. The molecule has 0 bridgehead atoms. The molecule has 5 atom stereocenters. The van der Waals surface area contributed by atoms with E-state index in [1.54, 1.807) is 24.3 Å². The second-order valence-corrected chi connectivity index (χ2v) is 12.4. The first kappa shape index (κ1) is 34.4. The van der Waals surface area contributed by atoms with Crippen LogP contribution in [0, 0.1) is 0 Å². The molecular formula is C42H39NO8. The molecule has 2 amide bonds. The van der Waals surface area contributed by atoms with Gasteiger partial charge in [-0.3, -0.25) is 9.59 Å². The maximum Gasteiger partial charge on any atom is 0.285 e. The maximum absolute atomic E-state index is 13.5. The second kappa shape index (κ2) is 16.8.